The van der Waals surface area contributed by atoms with E-state index in [0.717, 1.165) is 5.69 Å². The molecule has 0 aliphatic heterocycles. The third kappa shape index (κ3) is 5.03. The SMILES string of the molecule is CCOc1cc(NC(=O)OC(C)(C)C)cc(C)n1. The van der Waals surface area contributed by atoms with Gasteiger partial charge in [0.2, 0.25) is 5.88 Å². The summed E-state index contributed by atoms with van der Waals surface area (Å²) in [5, 5.41) is 2.66. The Kier molecular flexibility index (Phi) is 4.53. The summed E-state index contributed by atoms with van der Waals surface area (Å²) in [5.41, 5.74) is 0.863. The highest BCUT2D eigenvalue weighted by Crippen LogP contribution is 2.18. The van der Waals surface area contributed by atoms with Crippen LogP contribution in [0.4, 0.5) is 10.5 Å². The second-order valence-corrected chi connectivity index (χ2v) is 4.90. The Hall–Kier alpha value is -1.78. The summed E-state index contributed by atoms with van der Waals surface area (Å²) in [6, 6.07) is 3.42. The molecule has 0 unspecified atom stereocenters. The molecule has 0 radical (unpaired) electrons. The highest BCUT2D eigenvalue weighted by molar-refractivity contribution is 5.85. The minimum Gasteiger partial charge on any atom is -0.478 e. The van der Waals surface area contributed by atoms with Crippen LogP contribution in [0.1, 0.15) is 33.4 Å². The van der Waals surface area contributed by atoms with E-state index in [2.05, 4.69) is 10.3 Å². The van der Waals surface area contributed by atoms with Gasteiger partial charge in [0.1, 0.15) is 5.60 Å². The van der Waals surface area contributed by atoms with Crippen LogP contribution in [0.5, 0.6) is 5.88 Å². The average molecular weight is 252 g/mol. The van der Waals surface area contributed by atoms with Crippen molar-refractivity contribution in [1.29, 1.82) is 0 Å². The summed E-state index contributed by atoms with van der Waals surface area (Å²) in [7, 11) is 0. The van der Waals surface area contributed by atoms with Gasteiger partial charge in [0, 0.05) is 11.8 Å². The van der Waals surface area contributed by atoms with Crippen molar-refractivity contribution in [3.05, 3.63) is 17.8 Å². The largest absolute Gasteiger partial charge is 0.478 e. The van der Waals surface area contributed by atoms with Gasteiger partial charge in [0.25, 0.3) is 0 Å². The molecule has 1 amide bonds. The quantitative estimate of drug-likeness (QED) is 0.897. The van der Waals surface area contributed by atoms with Gasteiger partial charge in [-0.3, -0.25) is 5.32 Å². The fraction of sp³-hybridized carbons (Fsp3) is 0.538. The van der Waals surface area contributed by atoms with Crippen LogP contribution >= 0.6 is 0 Å². The molecule has 0 aliphatic carbocycles. The number of aromatic nitrogens is 1. The lowest BCUT2D eigenvalue weighted by Gasteiger charge is -2.19. The first-order chi connectivity index (χ1) is 8.30. The van der Waals surface area contributed by atoms with Crippen LogP contribution in [0.3, 0.4) is 0 Å². The Bertz CT molecular complexity index is 425. The Morgan fingerprint density at radius 2 is 2.06 bits per heavy atom. The molecule has 1 heterocycles. The molecule has 1 rings (SSSR count). The van der Waals surface area contributed by atoms with E-state index < -0.39 is 11.7 Å². The van der Waals surface area contributed by atoms with E-state index in [-0.39, 0.29) is 0 Å². The molecule has 0 fully saturated rings. The third-order valence-electron chi connectivity index (χ3n) is 1.87. The number of carbonyl (C=O) groups is 1. The lowest BCUT2D eigenvalue weighted by molar-refractivity contribution is 0.0636. The lowest BCUT2D eigenvalue weighted by atomic mass is 10.2. The highest BCUT2D eigenvalue weighted by atomic mass is 16.6. The highest BCUT2D eigenvalue weighted by Gasteiger charge is 2.16. The molecule has 0 aromatic carbocycles. The molecule has 0 atom stereocenters. The molecule has 5 nitrogen and oxygen atoms in total. The first-order valence-electron chi connectivity index (χ1n) is 5.91. The Morgan fingerprint density at radius 3 is 2.61 bits per heavy atom. The molecular formula is C13H20N2O3. The van der Waals surface area contributed by atoms with Gasteiger partial charge in [-0.2, -0.15) is 0 Å². The molecular weight excluding hydrogens is 232 g/mol. The van der Waals surface area contributed by atoms with E-state index in [1.165, 1.54) is 0 Å². The first kappa shape index (κ1) is 14.3. The van der Waals surface area contributed by atoms with Crippen molar-refractivity contribution in [2.75, 3.05) is 11.9 Å². The molecule has 1 aromatic heterocycles. The number of nitrogens with one attached hydrogen (secondary N) is 1. The van der Waals surface area contributed by atoms with E-state index in [4.69, 9.17) is 9.47 Å². The van der Waals surface area contributed by atoms with Gasteiger partial charge in [-0.1, -0.05) is 0 Å². The van der Waals surface area contributed by atoms with Crippen molar-refractivity contribution in [3.8, 4) is 5.88 Å². The number of hydrogen-bond acceptors (Lipinski definition) is 4. The molecule has 1 N–H and O–H groups in total. The maximum Gasteiger partial charge on any atom is 0.412 e. The Labute approximate surface area is 108 Å². The van der Waals surface area contributed by atoms with Gasteiger partial charge >= 0.3 is 6.09 Å². The fourth-order valence-electron chi connectivity index (χ4n) is 1.35. The molecule has 5 heteroatoms. The fourth-order valence-corrected chi connectivity index (χ4v) is 1.35. The summed E-state index contributed by atoms with van der Waals surface area (Å²) >= 11 is 0. The number of amides is 1. The molecule has 1 aromatic rings. The zero-order valence-corrected chi connectivity index (χ0v) is 11.5. The second kappa shape index (κ2) is 5.71. The predicted octanol–water partition coefficient (Wildman–Crippen LogP) is 3.14. The van der Waals surface area contributed by atoms with Crippen LogP contribution in [-0.2, 0) is 4.74 Å². The van der Waals surface area contributed by atoms with Crippen molar-refractivity contribution in [1.82, 2.24) is 4.98 Å². The van der Waals surface area contributed by atoms with E-state index >= 15 is 0 Å². The van der Waals surface area contributed by atoms with Crippen molar-refractivity contribution in [2.24, 2.45) is 0 Å². The van der Waals surface area contributed by atoms with Gasteiger partial charge in [0.05, 0.1) is 12.3 Å². The van der Waals surface area contributed by atoms with Crippen molar-refractivity contribution >= 4 is 11.8 Å². The number of carbonyl (C=O) groups excluding carboxylic acids is 1. The van der Waals surface area contributed by atoms with E-state index in [0.29, 0.717) is 18.2 Å². The Balaban J connectivity index is 2.75. The van der Waals surface area contributed by atoms with Crippen LogP contribution in [0.15, 0.2) is 12.1 Å². The van der Waals surface area contributed by atoms with Crippen LogP contribution in [0.25, 0.3) is 0 Å². The number of aryl methyl sites for hydroxylation is 1. The van der Waals surface area contributed by atoms with E-state index in [1.807, 2.05) is 34.6 Å². The van der Waals surface area contributed by atoms with Crippen LogP contribution in [-0.4, -0.2) is 23.3 Å². The molecule has 100 valence electrons. The molecule has 0 aliphatic rings. The zero-order chi connectivity index (χ0) is 13.8. The summed E-state index contributed by atoms with van der Waals surface area (Å²) in [6.45, 7) is 9.69. The van der Waals surface area contributed by atoms with Crippen molar-refractivity contribution < 1.29 is 14.3 Å². The first-order valence-corrected chi connectivity index (χ1v) is 5.91. The molecule has 0 spiro atoms. The van der Waals surface area contributed by atoms with Crippen molar-refractivity contribution in [2.45, 2.75) is 40.2 Å². The van der Waals surface area contributed by atoms with Crippen LogP contribution in [0.2, 0.25) is 0 Å². The second-order valence-electron chi connectivity index (χ2n) is 4.90. The average Bonchev–Trinajstić information content (AvgIpc) is 2.12. The molecule has 18 heavy (non-hydrogen) atoms. The predicted molar refractivity (Wildman–Crippen MR) is 70.0 cm³/mol. The maximum absolute atomic E-state index is 11.6. The summed E-state index contributed by atoms with van der Waals surface area (Å²) in [4.78, 5) is 15.8. The monoisotopic (exact) mass is 252 g/mol. The summed E-state index contributed by atoms with van der Waals surface area (Å²) < 4.78 is 10.5. The summed E-state index contributed by atoms with van der Waals surface area (Å²) in [5.74, 6) is 0.489. The van der Waals surface area contributed by atoms with Gasteiger partial charge in [-0.25, -0.2) is 9.78 Å². The molecule has 0 bridgehead atoms. The van der Waals surface area contributed by atoms with Gasteiger partial charge in [-0.15, -0.1) is 0 Å². The zero-order valence-electron chi connectivity index (χ0n) is 11.5. The van der Waals surface area contributed by atoms with E-state index in [9.17, 15) is 4.79 Å². The number of hydrogen-bond donors (Lipinski definition) is 1. The van der Waals surface area contributed by atoms with Gasteiger partial charge in [-0.05, 0) is 40.7 Å². The summed E-state index contributed by atoms with van der Waals surface area (Å²) in [6.07, 6.45) is -0.490. The van der Waals surface area contributed by atoms with Crippen LogP contribution in [0, 0.1) is 6.92 Å². The third-order valence-corrected chi connectivity index (χ3v) is 1.87. The lowest BCUT2D eigenvalue weighted by Crippen LogP contribution is -2.27. The smallest absolute Gasteiger partial charge is 0.412 e. The minimum absolute atomic E-state index is 0.489. The standard InChI is InChI=1S/C13H20N2O3/c1-6-17-11-8-10(7-9(2)14-11)15-12(16)18-13(3,4)5/h7-8H,6H2,1-5H3,(H,14,15,16). The Morgan fingerprint density at radius 1 is 1.39 bits per heavy atom. The van der Waals surface area contributed by atoms with Gasteiger partial charge < -0.3 is 9.47 Å². The number of anilines is 1. The van der Waals surface area contributed by atoms with E-state index in [1.54, 1.807) is 12.1 Å². The molecule has 0 saturated carbocycles. The van der Waals surface area contributed by atoms with Crippen molar-refractivity contribution in [3.63, 3.8) is 0 Å². The van der Waals surface area contributed by atoms with Gasteiger partial charge in [0.15, 0.2) is 0 Å². The van der Waals surface area contributed by atoms with Crippen LogP contribution < -0.4 is 10.1 Å². The number of ether oxygens (including phenoxy) is 2. The minimum atomic E-state index is -0.519. The molecule has 0 saturated heterocycles. The maximum atomic E-state index is 11.6. The topological polar surface area (TPSA) is 60.5 Å². The number of nitrogens with zero attached hydrogens (tertiary/aromatic N) is 1. The number of rotatable bonds is 3. The number of pyridine rings is 1. The normalized spacial score (nSPS) is 10.9.